The summed E-state index contributed by atoms with van der Waals surface area (Å²) >= 11 is 1.24. The smallest absolute Gasteiger partial charge is 0.275 e. The Kier molecular flexibility index (Phi) is 6.39. The van der Waals surface area contributed by atoms with E-state index in [9.17, 15) is 9.59 Å². The molecule has 3 aromatic rings. The van der Waals surface area contributed by atoms with Crippen molar-refractivity contribution in [1.82, 2.24) is 15.3 Å². The van der Waals surface area contributed by atoms with E-state index in [1.165, 1.54) is 11.3 Å². The fraction of sp³-hybridized carbons (Fsp3) is 0.304. The number of fused-ring (bicyclic) bond motifs is 1. The molecule has 1 aromatic carbocycles. The number of hydrogen-bond acceptors (Lipinski definition) is 9. The first-order chi connectivity index (χ1) is 16.6. The number of carbonyl (C=O) groups excluding carboxylic acids is 2. The van der Waals surface area contributed by atoms with Gasteiger partial charge in [-0.3, -0.25) is 19.5 Å². The van der Waals surface area contributed by atoms with Crippen LogP contribution in [0.1, 0.15) is 26.4 Å². The number of ether oxygens (including phenoxy) is 1. The number of nitrogens with one attached hydrogen (secondary N) is 2. The van der Waals surface area contributed by atoms with Crippen LogP contribution in [0.4, 0.5) is 16.5 Å². The van der Waals surface area contributed by atoms with Crippen molar-refractivity contribution in [2.75, 3.05) is 54.5 Å². The lowest BCUT2D eigenvalue weighted by Crippen LogP contribution is -2.43. The summed E-state index contributed by atoms with van der Waals surface area (Å²) in [6.07, 6.45) is 3.35. The molecule has 34 heavy (non-hydrogen) atoms. The summed E-state index contributed by atoms with van der Waals surface area (Å²) in [7, 11) is 0. The molecular formula is C23H24N6O4S. The van der Waals surface area contributed by atoms with Crippen molar-refractivity contribution in [3.63, 3.8) is 0 Å². The van der Waals surface area contributed by atoms with Crippen LogP contribution in [0.3, 0.4) is 0 Å². The molecule has 0 radical (unpaired) electrons. The number of amides is 2. The molecule has 0 saturated carbocycles. The van der Waals surface area contributed by atoms with Crippen molar-refractivity contribution in [3.05, 3.63) is 58.9 Å². The van der Waals surface area contributed by atoms with Gasteiger partial charge in [0.05, 0.1) is 30.7 Å². The van der Waals surface area contributed by atoms with E-state index in [4.69, 9.17) is 9.84 Å². The minimum atomic E-state index is -0.351. The maximum absolute atomic E-state index is 13.0. The van der Waals surface area contributed by atoms with Crippen LogP contribution in [0.5, 0.6) is 5.75 Å². The monoisotopic (exact) mass is 480 g/mol. The number of aliphatic hydroxyl groups excluding tert-OH is 1. The van der Waals surface area contributed by atoms with E-state index in [0.717, 1.165) is 37.4 Å². The second-order valence-corrected chi connectivity index (χ2v) is 8.72. The molecule has 0 atom stereocenters. The number of nitrogens with zero attached hydrogens (tertiary/aromatic N) is 4. The number of hydrogen-bond donors (Lipinski definition) is 3. The Morgan fingerprint density at radius 1 is 1.26 bits per heavy atom. The van der Waals surface area contributed by atoms with Gasteiger partial charge in [-0.15, -0.1) is 11.3 Å². The summed E-state index contributed by atoms with van der Waals surface area (Å²) in [4.78, 5) is 38.2. The standard InChI is InChI=1S/C23H24N6O4S/c30-9-10-33-16-1-2-17-15(11-16)13-29(22(17)32)23-27-19(14-34-23)21(31)26-18-12-25-4-3-20(18)28-7-5-24-6-8-28/h1-4,11-12,14,24,30H,5-10,13H2,(H,26,31). The van der Waals surface area contributed by atoms with E-state index < -0.39 is 0 Å². The fourth-order valence-electron chi connectivity index (χ4n) is 4.05. The van der Waals surface area contributed by atoms with Gasteiger partial charge >= 0.3 is 0 Å². The number of pyridine rings is 1. The second kappa shape index (κ2) is 9.75. The van der Waals surface area contributed by atoms with Crippen LogP contribution >= 0.6 is 11.3 Å². The van der Waals surface area contributed by atoms with E-state index in [2.05, 4.69) is 25.5 Å². The van der Waals surface area contributed by atoms with Crippen molar-refractivity contribution < 1.29 is 19.4 Å². The van der Waals surface area contributed by atoms with Crippen molar-refractivity contribution in [2.45, 2.75) is 6.54 Å². The van der Waals surface area contributed by atoms with Gasteiger partial charge < -0.3 is 25.4 Å². The molecule has 2 aliphatic heterocycles. The maximum Gasteiger partial charge on any atom is 0.275 e. The summed E-state index contributed by atoms with van der Waals surface area (Å²) in [5.74, 6) is 0.0763. The van der Waals surface area contributed by atoms with Crippen LogP contribution in [-0.2, 0) is 6.54 Å². The third-order valence-corrected chi connectivity index (χ3v) is 6.56. The van der Waals surface area contributed by atoms with Crippen LogP contribution < -0.4 is 25.2 Å². The van der Waals surface area contributed by atoms with Crippen LogP contribution in [0, 0.1) is 0 Å². The zero-order valence-corrected chi connectivity index (χ0v) is 19.2. The minimum absolute atomic E-state index is 0.0815. The lowest BCUT2D eigenvalue weighted by atomic mass is 10.1. The highest BCUT2D eigenvalue weighted by Gasteiger charge is 2.31. The lowest BCUT2D eigenvalue weighted by Gasteiger charge is -2.30. The van der Waals surface area contributed by atoms with Crippen LogP contribution in [0.2, 0.25) is 0 Å². The molecular weight excluding hydrogens is 456 g/mol. The molecule has 0 bridgehead atoms. The van der Waals surface area contributed by atoms with Crippen molar-refractivity contribution in [2.24, 2.45) is 0 Å². The Bertz CT molecular complexity index is 1210. The summed E-state index contributed by atoms with van der Waals surface area (Å²) in [6, 6.07) is 7.11. The fourth-order valence-corrected chi connectivity index (χ4v) is 4.85. The summed E-state index contributed by atoms with van der Waals surface area (Å²) in [6.45, 7) is 3.90. The quantitative estimate of drug-likeness (QED) is 0.468. The van der Waals surface area contributed by atoms with E-state index in [1.807, 2.05) is 6.07 Å². The minimum Gasteiger partial charge on any atom is -0.491 e. The molecule has 2 aromatic heterocycles. The molecule has 1 fully saturated rings. The van der Waals surface area contributed by atoms with Gasteiger partial charge in [0.1, 0.15) is 18.1 Å². The number of thiazole rings is 1. The SMILES string of the molecule is O=C(Nc1cnccc1N1CCNCC1)c1csc(N2Cc3cc(OCCO)ccc3C2=O)n1. The largest absolute Gasteiger partial charge is 0.491 e. The molecule has 10 nitrogen and oxygen atoms in total. The highest BCUT2D eigenvalue weighted by atomic mass is 32.1. The van der Waals surface area contributed by atoms with Crippen molar-refractivity contribution in [3.8, 4) is 5.75 Å². The summed E-state index contributed by atoms with van der Waals surface area (Å²) in [5, 5.41) is 17.3. The Morgan fingerprint density at radius 2 is 2.12 bits per heavy atom. The number of benzene rings is 1. The zero-order valence-electron chi connectivity index (χ0n) is 18.4. The van der Waals surface area contributed by atoms with E-state index >= 15 is 0 Å². The molecule has 11 heteroatoms. The number of anilines is 3. The topological polar surface area (TPSA) is 120 Å². The first-order valence-corrected chi connectivity index (χ1v) is 11.9. The Hall–Kier alpha value is -3.54. The number of carbonyl (C=O) groups is 2. The third-order valence-electron chi connectivity index (χ3n) is 5.70. The Balaban J connectivity index is 1.30. The molecule has 0 aliphatic carbocycles. The lowest BCUT2D eigenvalue weighted by molar-refractivity contribution is 0.0991. The van der Waals surface area contributed by atoms with Gasteiger partial charge in [0.25, 0.3) is 11.8 Å². The molecule has 2 aliphatic rings. The average Bonchev–Trinajstić information content (AvgIpc) is 3.48. The molecule has 0 spiro atoms. The van der Waals surface area contributed by atoms with Crippen molar-refractivity contribution in [1.29, 1.82) is 0 Å². The van der Waals surface area contributed by atoms with Gasteiger partial charge in [-0.25, -0.2) is 4.98 Å². The van der Waals surface area contributed by atoms with Crippen LogP contribution in [-0.4, -0.2) is 66.3 Å². The molecule has 1 saturated heterocycles. The highest BCUT2D eigenvalue weighted by molar-refractivity contribution is 7.14. The zero-order chi connectivity index (χ0) is 23.5. The highest BCUT2D eigenvalue weighted by Crippen LogP contribution is 2.33. The van der Waals surface area contributed by atoms with E-state index in [0.29, 0.717) is 28.7 Å². The van der Waals surface area contributed by atoms with Gasteiger partial charge in [0, 0.05) is 43.3 Å². The summed E-state index contributed by atoms with van der Waals surface area (Å²) in [5.41, 5.74) is 3.19. The second-order valence-electron chi connectivity index (χ2n) is 7.88. The Morgan fingerprint density at radius 3 is 2.94 bits per heavy atom. The van der Waals surface area contributed by atoms with E-state index in [1.54, 1.807) is 40.9 Å². The average molecular weight is 481 g/mol. The number of aromatic nitrogens is 2. The van der Waals surface area contributed by atoms with Crippen LogP contribution in [0.15, 0.2) is 42.0 Å². The van der Waals surface area contributed by atoms with Crippen molar-refractivity contribution >= 4 is 39.7 Å². The van der Waals surface area contributed by atoms with Gasteiger partial charge in [-0.1, -0.05) is 0 Å². The summed E-state index contributed by atoms with van der Waals surface area (Å²) < 4.78 is 5.44. The first-order valence-electron chi connectivity index (χ1n) is 11.0. The predicted molar refractivity (Wildman–Crippen MR) is 129 cm³/mol. The number of aliphatic hydroxyl groups is 1. The predicted octanol–water partition coefficient (Wildman–Crippen LogP) is 1.73. The molecule has 3 N–H and O–H groups in total. The maximum atomic E-state index is 13.0. The third kappa shape index (κ3) is 4.45. The molecule has 0 unspecified atom stereocenters. The van der Waals surface area contributed by atoms with Gasteiger partial charge in [-0.05, 0) is 29.8 Å². The molecule has 2 amide bonds. The van der Waals surface area contributed by atoms with E-state index in [-0.39, 0.29) is 30.7 Å². The number of rotatable bonds is 7. The first kappa shape index (κ1) is 22.3. The number of piperazine rings is 1. The van der Waals surface area contributed by atoms with Gasteiger partial charge in [-0.2, -0.15) is 0 Å². The Labute approximate surface area is 200 Å². The molecule has 5 rings (SSSR count). The molecule has 176 valence electrons. The van der Waals surface area contributed by atoms with Crippen LogP contribution in [0.25, 0.3) is 0 Å². The van der Waals surface area contributed by atoms with Gasteiger partial charge in [0.15, 0.2) is 5.13 Å². The normalized spacial score (nSPS) is 15.4. The molecule has 4 heterocycles. The van der Waals surface area contributed by atoms with Gasteiger partial charge in [0.2, 0.25) is 0 Å².